The second-order valence-electron chi connectivity index (χ2n) is 4.82. The molecule has 86 valence electrons. The summed E-state index contributed by atoms with van der Waals surface area (Å²) in [5.74, 6) is 0.915. The molecule has 0 aromatic carbocycles. The van der Waals surface area contributed by atoms with Gasteiger partial charge in [-0.3, -0.25) is 4.90 Å². The maximum Gasteiger partial charge on any atom is 0.125 e. The summed E-state index contributed by atoms with van der Waals surface area (Å²) in [4.78, 5) is 11.6. The fourth-order valence-electron chi connectivity index (χ4n) is 2.85. The summed E-state index contributed by atoms with van der Waals surface area (Å²) >= 11 is 0. The van der Waals surface area contributed by atoms with Crippen molar-refractivity contribution < 1.29 is 0 Å². The normalized spacial score (nSPS) is 25.0. The molecule has 1 atom stereocenters. The summed E-state index contributed by atoms with van der Waals surface area (Å²) in [6.45, 7) is 5.03. The van der Waals surface area contributed by atoms with Crippen molar-refractivity contribution in [1.82, 2.24) is 20.2 Å². The van der Waals surface area contributed by atoms with E-state index >= 15 is 0 Å². The van der Waals surface area contributed by atoms with Gasteiger partial charge in [0.25, 0.3) is 0 Å². The first-order valence-corrected chi connectivity index (χ1v) is 6.03. The Bertz CT molecular complexity index is 416. The zero-order valence-electron chi connectivity index (χ0n) is 9.95. The van der Waals surface area contributed by atoms with Gasteiger partial charge in [-0.25, -0.2) is 9.97 Å². The average Bonchev–Trinajstić information content (AvgIpc) is 2.84. The Morgan fingerprint density at radius 3 is 2.94 bits per heavy atom. The van der Waals surface area contributed by atoms with Crippen LogP contribution in [-0.4, -0.2) is 28.5 Å². The van der Waals surface area contributed by atoms with Gasteiger partial charge in [0, 0.05) is 18.7 Å². The quantitative estimate of drug-likeness (QED) is 0.768. The molecule has 0 aliphatic carbocycles. The molecule has 1 fully saturated rings. The van der Waals surface area contributed by atoms with E-state index < -0.39 is 0 Å². The molecule has 0 amide bonds. The summed E-state index contributed by atoms with van der Waals surface area (Å²) in [5.41, 5.74) is 3.83. The van der Waals surface area contributed by atoms with Crippen molar-refractivity contribution in [3.8, 4) is 0 Å². The van der Waals surface area contributed by atoms with E-state index in [2.05, 4.69) is 27.2 Å². The predicted octanol–water partition coefficient (Wildman–Crippen LogP) is 1.15. The minimum Gasteiger partial charge on any atom is -0.307 e. The summed E-state index contributed by atoms with van der Waals surface area (Å²) in [6.07, 6.45) is 2.52. The van der Waals surface area contributed by atoms with Gasteiger partial charge in [0.05, 0.1) is 17.4 Å². The maximum atomic E-state index is 4.68. The van der Waals surface area contributed by atoms with Gasteiger partial charge in [0.1, 0.15) is 5.82 Å². The van der Waals surface area contributed by atoms with E-state index in [9.17, 15) is 0 Å². The highest BCUT2D eigenvalue weighted by Gasteiger charge is 2.29. The molecule has 16 heavy (non-hydrogen) atoms. The van der Waals surface area contributed by atoms with Gasteiger partial charge in [0.15, 0.2) is 0 Å². The number of hydrogen-bond donors (Lipinski definition) is 1. The van der Waals surface area contributed by atoms with Gasteiger partial charge < -0.3 is 5.32 Å². The number of aryl methyl sites for hydroxylation is 1. The maximum absolute atomic E-state index is 4.68. The van der Waals surface area contributed by atoms with Crippen LogP contribution in [0.15, 0.2) is 0 Å². The van der Waals surface area contributed by atoms with Crippen LogP contribution in [0.4, 0.5) is 0 Å². The molecule has 4 heteroatoms. The van der Waals surface area contributed by atoms with Crippen LogP contribution >= 0.6 is 0 Å². The molecule has 1 aromatic rings. The van der Waals surface area contributed by atoms with Crippen molar-refractivity contribution >= 4 is 0 Å². The third kappa shape index (κ3) is 1.53. The molecule has 2 aliphatic rings. The van der Waals surface area contributed by atoms with Crippen LogP contribution in [0.3, 0.4) is 0 Å². The average molecular weight is 218 g/mol. The number of aromatic nitrogens is 2. The summed E-state index contributed by atoms with van der Waals surface area (Å²) < 4.78 is 0. The van der Waals surface area contributed by atoms with Gasteiger partial charge in [-0.05, 0) is 33.4 Å². The van der Waals surface area contributed by atoms with E-state index in [1.807, 2.05) is 6.92 Å². The highest BCUT2D eigenvalue weighted by Crippen LogP contribution is 2.33. The molecular weight excluding hydrogens is 200 g/mol. The van der Waals surface area contributed by atoms with Crippen LogP contribution in [-0.2, 0) is 13.1 Å². The Balaban J connectivity index is 2.06. The van der Waals surface area contributed by atoms with E-state index in [1.165, 1.54) is 36.3 Å². The third-order valence-electron chi connectivity index (χ3n) is 3.67. The summed E-state index contributed by atoms with van der Waals surface area (Å²) in [7, 11) is 2.20. The first kappa shape index (κ1) is 10.2. The van der Waals surface area contributed by atoms with E-state index in [0.717, 1.165) is 18.9 Å². The van der Waals surface area contributed by atoms with Gasteiger partial charge in [-0.1, -0.05) is 0 Å². The van der Waals surface area contributed by atoms with Crippen LogP contribution in [0.25, 0.3) is 0 Å². The topological polar surface area (TPSA) is 41.1 Å². The summed E-state index contributed by atoms with van der Waals surface area (Å²) in [5, 5.41) is 3.37. The zero-order chi connectivity index (χ0) is 11.1. The first-order chi connectivity index (χ1) is 7.75. The predicted molar refractivity (Wildman–Crippen MR) is 61.9 cm³/mol. The van der Waals surface area contributed by atoms with Crippen LogP contribution in [0.1, 0.15) is 41.7 Å². The number of nitrogens with zero attached hydrogens (tertiary/aromatic N) is 3. The number of hydrogen-bond acceptors (Lipinski definition) is 4. The highest BCUT2D eigenvalue weighted by atomic mass is 15.2. The summed E-state index contributed by atoms with van der Waals surface area (Å²) in [6, 6.07) is 0.510. The molecule has 1 N–H and O–H groups in total. The van der Waals surface area contributed by atoms with E-state index in [1.54, 1.807) is 0 Å². The largest absolute Gasteiger partial charge is 0.307 e. The van der Waals surface area contributed by atoms with Gasteiger partial charge in [-0.15, -0.1) is 0 Å². The minimum atomic E-state index is 0.510. The molecule has 2 aliphatic heterocycles. The Morgan fingerprint density at radius 1 is 1.31 bits per heavy atom. The van der Waals surface area contributed by atoms with Gasteiger partial charge in [-0.2, -0.15) is 0 Å². The van der Waals surface area contributed by atoms with Crippen molar-refractivity contribution in [2.75, 3.05) is 13.6 Å². The van der Waals surface area contributed by atoms with Crippen molar-refractivity contribution in [2.24, 2.45) is 0 Å². The lowest BCUT2D eigenvalue weighted by Crippen LogP contribution is -2.21. The smallest absolute Gasteiger partial charge is 0.125 e. The third-order valence-corrected chi connectivity index (χ3v) is 3.67. The number of likely N-dealkylation sites (tertiary alicyclic amines) is 1. The molecule has 1 saturated heterocycles. The van der Waals surface area contributed by atoms with Crippen molar-refractivity contribution in [3.05, 3.63) is 22.8 Å². The van der Waals surface area contributed by atoms with Crippen LogP contribution in [0.5, 0.6) is 0 Å². The van der Waals surface area contributed by atoms with Crippen molar-refractivity contribution in [1.29, 1.82) is 0 Å². The lowest BCUT2D eigenvalue weighted by molar-refractivity contribution is 0.309. The van der Waals surface area contributed by atoms with E-state index in [0.29, 0.717) is 6.04 Å². The zero-order valence-corrected chi connectivity index (χ0v) is 9.95. The second-order valence-corrected chi connectivity index (χ2v) is 4.82. The number of fused-ring (bicyclic) bond motifs is 1. The Labute approximate surface area is 96.1 Å². The van der Waals surface area contributed by atoms with Gasteiger partial charge >= 0.3 is 0 Å². The molecule has 1 aromatic heterocycles. The molecule has 3 rings (SSSR count). The SMILES string of the molecule is Cc1nc2c(c(C3CCCN3C)n1)CNC2. The van der Waals surface area contributed by atoms with Crippen molar-refractivity contribution in [2.45, 2.75) is 38.9 Å². The second kappa shape index (κ2) is 3.79. The molecule has 3 heterocycles. The number of nitrogens with one attached hydrogen (secondary N) is 1. The molecule has 1 unspecified atom stereocenters. The van der Waals surface area contributed by atoms with E-state index in [4.69, 9.17) is 0 Å². The fraction of sp³-hybridized carbons (Fsp3) is 0.667. The molecule has 0 saturated carbocycles. The lowest BCUT2D eigenvalue weighted by Gasteiger charge is -2.21. The molecule has 0 bridgehead atoms. The molecular formula is C12H18N4. The van der Waals surface area contributed by atoms with Crippen LogP contribution in [0.2, 0.25) is 0 Å². The monoisotopic (exact) mass is 218 g/mol. The lowest BCUT2D eigenvalue weighted by atomic mass is 10.0. The number of rotatable bonds is 1. The van der Waals surface area contributed by atoms with Crippen molar-refractivity contribution in [3.63, 3.8) is 0 Å². The Hall–Kier alpha value is -1.00. The molecule has 0 radical (unpaired) electrons. The van der Waals surface area contributed by atoms with Crippen LogP contribution < -0.4 is 5.32 Å². The minimum absolute atomic E-state index is 0.510. The first-order valence-electron chi connectivity index (χ1n) is 6.03. The Morgan fingerprint density at radius 2 is 2.19 bits per heavy atom. The Kier molecular flexibility index (Phi) is 2.41. The van der Waals surface area contributed by atoms with E-state index in [-0.39, 0.29) is 0 Å². The molecule has 4 nitrogen and oxygen atoms in total. The van der Waals surface area contributed by atoms with Crippen LogP contribution in [0, 0.1) is 6.92 Å². The highest BCUT2D eigenvalue weighted by molar-refractivity contribution is 5.31. The fourth-order valence-corrected chi connectivity index (χ4v) is 2.85. The molecule has 0 spiro atoms. The standard InChI is InChI=1S/C12H18N4/c1-8-14-10-7-13-6-9(10)12(15-8)11-4-3-5-16(11)2/h11,13H,3-7H2,1-2H3. The van der Waals surface area contributed by atoms with Gasteiger partial charge in [0.2, 0.25) is 0 Å².